The molecule has 0 heterocycles. The van der Waals surface area contributed by atoms with Crippen molar-refractivity contribution in [1.29, 1.82) is 0 Å². The van der Waals surface area contributed by atoms with Crippen LogP contribution < -0.4 is 5.32 Å². The summed E-state index contributed by atoms with van der Waals surface area (Å²) in [5, 5.41) is 1.46. The van der Waals surface area contributed by atoms with Crippen LogP contribution in [0.15, 0.2) is 0 Å². The maximum atomic E-state index is 11.6. The summed E-state index contributed by atoms with van der Waals surface area (Å²) in [6.45, 7) is 5.01. The van der Waals surface area contributed by atoms with Crippen LogP contribution in [0.1, 0.15) is 84.5 Å². The molecule has 0 saturated heterocycles. The van der Waals surface area contributed by atoms with E-state index in [1.165, 1.54) is 64.9 Å². The number of unbranched alkanes of at least 4 members (excludes halogenated alkanes) is 9. The van der Waals surface area contributed by atoms with E-state index in [1.807, 2.05) is 12.2 Å². The van der Waals surface area contributed by atoms with E-state index < -0.39 is 15.5 Å². The minimum Gasteiger partial charge on any atom is -0.358 e. The van der Waals surface area contributed by atoms with Gasteiger partial charge in [0, 0.05) is 6.42 Å². The average molecular weight is 338 g/mol. The summed E-state index contributed by atoms with van der Waals surface area (Å²) >= 11 is 0. The molecule has 5 heteroatoms. The Morgan fingerprint density at radius 2 is 1.32 bits per heavy atom. The molecule has 22 heavy (non-hydrogen) atoms. The number of hydrogen-bond donors (Lipinski definition) is 1. The van der Waals surface area contributed by atoms with Crippen molar-refractivity contribution in [3.05, 3.63) is 7.43 Å². The summed E-state index contributed by atoms with van der Waals surface area (Å²) in [5.74, 6) is 0. The molecule has 0 spiro atoms. The smallest absolute Gasteiger partial charge is 0.321 e. The van der Waals surface area contributed by atoms with E-state index in [0.717, 1.165) is 13.0 Å². The molecular formula is C17H39NO3S. The molecule has 0 fully saturated rings. The van der Waals surface area contributed by atoms with E-state index in [2.05, 4.69) is 11.1 Å². The largest absolute Gasteiger partial charge is 0.358 e. The minimum atomic E-state index is -3.38. The van der Waals surface area contributed by atoms with E-state index in [9.17, 15) is 8.42 Å². The quantitative estimate of drug-likeness (QED) is 0.282. The van der Waals surface area contributed by atoms with Gasteiger partial charge in [-0.2, -0.15) is 8.42 Å². The van der Waals surface area contributed by atoms with Gasteiger partial charge in [0.2, 0.25) is 5.37 Å². The predicted molar refractivity (Wildman–Crippen MR) is 95.1 cm³/mol. The Labute approximate surface area is 139 Å². The van der Waals surface area contributed by atoms with Gasteiger partial charge >= 0.3 is 10.1 Å². The van der Waals surface area contributed by atoms with Gasteiger partial charge in [0.05, 0.1) is 13.7 Å². The molecule has 0 aromatic heterocycles. The van der Waals surface area contributed by atoms with Gasteiger partial charge in [-0.3, -0.25) is 4.18 Å². The molecule has 0 aromatic carbocycles. The molecule has 2 N–H and O–H groups in total. The Balaban J connectivity index is 0. The third kappa shape index (κ3) is 12.4. The Kier molecular flexibility index (Phi) is 17.3. The summed E-state index contributed by atoms with van der Waals surface area (Å²) in [6.07, 6.45) is 13.7. The molecule has 0 rings (SSSR count). The highest BCUT2D eigenvalue weighted by Gasteiger charge is 2.26. The number of hydrogen-bond acceptors (Lipinski definition) is 3. The lowest BCUT2D eigenvalue weighted by atomic mass is 10.1. The van der Waals surface area contributed by atoms with Gasteiger partial charge in [-0.05, 0) is 12.8 Å². The van der Waals surface area contributed by atoms with Crippen molar-refractivity contribution in [3.8, 4) is 0 Å². The first-order valence-electron chi connectivity index (χ1n) is 8.71. The summed E-state index contributed by atoms with van der Waals surface area (Å²) < 4.78 is 27.8. The van der Waals surface area contributed by atoms with Gasteiger partial charge in [0.15, 0.2) is 0 Å². The molecule has 0 aromatic rings. The molecule has 0 amide bonds. The van der Waals surface area contributed by atoms with E-state index in [4.69, 9.17) is 0 Å². The highest BCUT2D eigenvalue weighted by atomic mass is 32.2. The van der Waals surface area contributed by atoms with Crippen LogP contribution in [-0.2, 0) is 14.3 Å². The van der Waals surface area contributed by atoms with Crippen LogP contribution in [0.25, 0.3) is 0 Å². The number of rotatable bonds is 15. The third-order valence-corrected chi connectivity index (χ3v) is 5.72. The first-order valence-corrected chi connectivity index (χ1v) is 10.2. The zero-order valence-corrected chi connectivity index (χ0v) is 16.1. The second-order valence-corrected chi connectivity index (χ2v) is 7.74. The van der Waals surface area contributed by atoms with E-state index in [-0.39, 0.29) is 7.43 Å². The summed E-state index contributed by atoms with van der Waals surface area (Å²) in [4.78, 5) is 0. The van der Waals surface area contributed by atoms with E-state index in [0.29, 0.717) is 6.42 Å². The Hall–Kier alpha value is -0.130. The van der Waals surface area contributed by atoms with Crippen molar-refractivity contribution in [2.45, 2.75) is 89.9 Å². The van der Waals surface area contributed by atoms with Crippen molar-refractivity contribution >= 4 is 10.1 Å². The van der Waals surface area contributed by atoms with Gasteiger partial charge in [0.1, 0.15) is 0 Å². The van der Waals surface area contributed by atoms with Crippen molar-refractivity contribution < 1.29 is 17.9 Å². The zero-order valence-electron chi connectivity index (χ0n) is 15.3. The normalized spacial score (nSPS) is 12.9. The topological polar surface area (TPSA) is 60.0 Å². The molecule has 0 radical (unpaired) electrons. The first-order chi connectivity index (χ1) is 10.1. The van der Waals surface area contributed by atoms with Crippen LogP contribution in [0.4, 0.5) is 0 Å². The fraction of sp³-hybridized carbons (Fsp3) is 0.941. The number of nitrogens with two attached hydrogens (primary N) is 1. The van der Waals surface area contributed by atoms with E-state index in [1.54, 1.807) is 0 Å². The van der Waals surface area contributed by atoms with Gasteiger partial charge in [-0.1, -0.05) is 65.2 Å². The summed E-state index contributed by atoms with van der Waals surface area (Å²) in [7, 11) is -2.14. The second-order valence-electron chi connectivity index (χ2n) is 5.81. The number of quaternary nitrogens is 1. The van der Waals surface area contributed by atoms with Crippen LogP contribution in [0.2, 0.25) is 0 Å². The summed E-state index contributed by atoms with van der Waals surface area (Å²) in [6, 6.07) is 0. The van der Waals surface area contributed by atoms with E-state index >= 15 is 0 Å². The molecule has 4 nitrogen and oxygen atoms in total. The predicted octanol–water partition coefficient (Wildman–Crippen LogP) is 3.63. The van der Waals surface area contributed by atoms with Crippen LogP contribution in [0.3, 0.4) is 0 Å². The highest BCUT2D eigenvalue weighted by molar-refractivity contribution is 7.87. The van der Waals surface area contributed by atoms with Crippen LogP contribution in [0, 0.1) is 7.43 Å². The fourth-order valence-electron chi connectivity index (χ4n) is 2.55. The third-order valence-electron chi connectivity index (χ3n) is 3.99. The lowest BCUT2D eigenvalue weighted by Gasteiger charge is -2.12. The van der Waals surface area contributed by atoms with Gasteiger partial charge in [-0.15, -0.1) is 0 Å². The van der Waals surface area contributed by atoms with Gasteiger partial charge < -0.3 is 12.7 Å². The zero-order chi connectivity index (χ0) is 16.0. The Morgan fingerprint density at radius 1 is 0.864 bits per heavy atom. The molecule has 1 atom stereocenters. The first kappa shape index (κ1) is 24.1. The average Bonchev–Trinajstić information content (AvgIpc) is 2.48. The standard InChI is InChI=1S/C16H35NO3S.CH3/c1-4-6-7-8-9-10-11-12-13-14-15-17-16(5-2)21(18,19)20-3;/h16-17H,4-15H2,1-3H3;1H3/q;-1/p+1. The van der Waals surface area contributed by atoms with Crippen LogP contribution in [0.5, 0.6) is 0 Å². The lowest BCUT2D eigenvalue weighted by molar-refractivity contribution is -0.670. The minimum absolute atomic E-state index is 0. The Bertz CT molecular complexity index is 318. The lowest BCUT2D eigenvalue weighted by Crippen LogP contribution is -2.91. The van der Waals surface area contributed by atoms with Crippen molar-refractivity contribution in [1.82, 2.24) is 0 Å². The molecule has 0 aliphatic rings. The second kappa shape index (κ2) is 15.8. The van der Waals surface area contributed by atoms with Crippen molar-refractivity contribution in [3.63, 3.8) is 0 Å². The summed E-state index contributed by atoms with van der Waals surface area (Å²) in [5.41, 5.74) is 0. The molecule has 0 aliphatic heterocycles. The monoisotopic (exact) mass is 337 g/mol. The molecular weight excluding hydrogens is 298 g/mol. The van der Waals surface area contributed by atoms with Gasteiger partial charge in [0.25, 0.3) is 0 Å². The van der Waals surface area contributed by atoms with Crippen molar-refractivity contribution in [2.24, 2.45) is 0 Å². The molecule has 0 aliphatic carbocycles. The Morgan fingerprint density at radius 3 is 1.73 bits per heavy atom. The molecule has 0 saturated carbocycles. The van der Waals surface area contributed by atoms with Gasteiger partial charge in [-0.25, -0.2) is 0 Å². The highest BCUT2D eigenvalue weighted by Crippen LogP contribution is 2.10. The molecule has 1 unspecified atom stereocenters. The maximum absolute atomic E-state index is 11.6. The maximum Gasteiger partial charge on any atom is 0.321 e. The van der Waals surface area contributed by atoms with Crippen LogP contribution >= 0.6 is 0 Å². The van der Waals surface area contributed by atoms with Crippen LogP contribution in [-0.4, -0.2) is 27.4 Å². The van der Waals surface area contributed by atoms with Crippen molar-refractivity contribution in [2.75, 3.05) is 13.7 Å². The SMILES string of the molecule is CCCCCCCCCCCC[NH2+]C(CC)S(=O)(=O)OC.[CH3-]. The molecule has 136 valence electrons. The fourth-order valence-corrected chi connectivity index (χ4v) is 3.57. The molecule has 0 bridgehead atoms.